The molecule has 7 heteroatoms. The lowest BCUT2D eigenvalue weighted by Crippen LogP contribution is -2.64. The Morgan fingerprint density at radius 3 is 2.60 bits per heavy atom. The second kappa shape index (κ2) is 5.20. The van der Waals surface area contributed by atoms with Crippen molar-refractivity contribution in [3.05, 3.63) is 15.9 Å². The molecule has 20 heavy (non-hydrogen) atoms. The third-order valence-electron chi connectivity index (χ3n) is 3.74. The van der Waals surface area contributed by atoms with E-state index in [2.05, 4.69) is 26.3 Å². The number of aryl methyl sites for hydroxylation is 2. The molecule has 1 aromatic rings. The molecule has 1 saturated heterocycles. The predicted octanol–water partition coefficient (Wildman–Crippen LogP) is 0.982. The largest absolute Gasteiger partial charge is 0.345 e. The van der Waals surface area contributed by atoms with E-state index in [-0.39, 0.29) is 18.4 Å². The molecule has 0 atom stereocenters. The Morgan fingerprint density at radius 1 is 1.40 bits per heavy atom. The van der Waals surface area contributed by atoms with Crippen LogP contribution in [-0.2, 0) is 29.6 Å². The first-order chi connectivity index (χ1) is 9.28. The van der Waals surface area contributed by atoms with Gasteiger partial charge in [-0.15, -0.1) is 0 Å². The van der Waals surface area contributed by atoms with Gasteiger partial charge in [-0.25, -0.2) is 0 Å². The van der Waals surface area contributed by atoms with Crippen LogP contribution >= 0.6 is 15.9 Å². The molecule has 1 aliphatic rings. The van der Waals surface area contributed by atoms with Gasteiger partial charge in [0.1, 0.15) is 5.54 Å². The quantitative estimate of drug-likeness (QED) is 0.890. The topological polar surface area (TPSA) is 67.2 Å². The van der Waals surface area contributed by atoms with Crippen LogP contribution in [0.3, 0.4) is 0 Å². The second-order valence-electron chi connectivity index (χ2n) is 5.41. The van der Waals surface area contributed by atoms with E-state index in [0.717, 1.165) is 22.3 Å². The first-order valence-electron chi connectivity index (χ1n) is 6.58. The van der Waals surface area contributed by atoms with E-state index < -0.39 is 5.54 Å². The molecule has 0 radical (unpaired) electrons. The lowest BCUT2D eigenvalue weighted by Gasteiger charge is -2.41. The van der Waals surface area contributed by atoms with Gasteiger partial charge in [-0.1, -0.05) is 6.92 Å². The molecule has 0 spiro atoms. The van der Waals surface area contributed by atoms with Crippen molar-refractivity contribution in [3.8, 4) is 0 Å². The van der Waals surface area contributed by atoms with Crippen molar-refractivity contribution >= 4 is 27.7 Å². The lowest BCUT2D eigenvalue weighted by atomic mass is 9.98. The fourth-order valence-corrected chi connectivity index (χ4v) is 3.07. The summed E-state index contributed by atoms with van der Waals surface area (Å²) >= 11 is 3.54. The van der Waals surface area contributed by atoms with Crippen LogP contribution in [0.2, 0.25) is 0 Å². The van der Waals surface area contributed by atoms with Gasteiger partial charge in [0.2, 0.25) is 11.8 Å². The number of piperazine rings is 1. The molecule has 0 saturated carbocycles. The minimum atomic E-state index is -0.856. The molecule has 1 N–H and O–H groups in total. The van der Waals surface area contributed by atoms with Gasteiger partial charge in [0.05, 0.1) is 29.0 Å². The maximum absolute atomic E-state index is 12.1. The molecule has 2 rings (SSSR count). The van der Waals surface area contributed by atoms with Crippen LogP contribution in [0.1, 0.15) is 32.2 Å². The van der Waals surface area contributed by atoms with Gasteiger partial charge in [0, 0.05) is 7.05 Å². The minimum absolute atomic E-state index is 0.0539. The Kier molecular flexibility index (Phi) is 3.90. The van der Waals surface area contributed by atoms with Gasteiger partial charge in [-0.05, 0) is 36.2 Å². The summed E-state index contributed by atoms with van der Waals surface area (Å²) in [7, 11) is 1.85. The average molecular weight is 343 g/mol. The number of aromatic nitrogens is 2. The molecule has 0 bridgehead atoms. The standard InChI is InChI=1S/C13H19BrN4O2/c1-5-8-11(14)9(17(4)16-8)7-18-10(19)6-15-12(20)13(18,2)3/h5-7H2,1-4H3,(H,15,20). The highest BCUT2D eigenvalue weighted by molar-refractivity contribution is 9.10. The highest BCUT2D eigenvalue weighted by Gasteiger charge is 2.42. The van der Waals surface area contributed by atoms with Crippen LogP contribution < -0.4 is 5.32 Å². The molecule has 1 aromatic heterocycles. The number of nitrogens with one attached hydrogen (secondary N) is 1. The Hall–Kier alpha value is -1.37. The van der Waals surface area contributed by atoms with Crippen LogP contribution in [0, 0.1) is 0 Å². The minimum Gasteiger partial charge on any atom is -0.345 e. The number of hydrogen-bond donors (Lipinski definition) is 1. The molecule has 6 nitrogen and oxygen atoms in total. The smallest absolute Gasteiger partial charge is 0.245 e. The zero-order valence-corrected chi connectivity index (χ0v) is 13.7. The van der Waals surface area contributed by atoms with Gasteiger partial charge >= 0.3 is 0 Å². The van der Waals surface area contributed by atoms with E-state index >= 15 is 0 Å². The summed E-state index contributed by atoms with van der Waals surface area (Å²) in [5, 5.41) is 7.04. The summed E-state index contributed by atoms with van der Waals surface area (Å²) in [6.45, 7) is 5.96. The molecule has 0 aliphatic carbocycles. The summed E-state index contributed by atoms with van der Waals surface area (Å²) in [5.74, 6) is -0.216. The Labute approximate surface area is 126 Å². The van der Waals surface area contributed by atoms with Crippen molar-refractivity contribution in [1.29, 1.82) is 0 Å². The monoisotopic (exact) mass is 342 g/mol. The normalized spacial score (nSPS) is 18.4. The Bertz CT molecular complexity index is 565. The molecular weight excluding hydrogens is 324 g/mol. The molecule has 0 unspecified atom stereocenters. The molecule has 1 aliphatic heterocycles. The van der Waals surface area contributed by atoms with Crippen molar-refractivity contribution in [2.24, 2.45) is 7.05 Å². The Morgan fingerprint density at radius 2 is 2.05 bits per heavy atom. The van der Waals surface area contributed by atoms with Gasteiger partial charge in [0.25, 0.3) is 0 Å². The first-order valence-corrected chi connectivity index (χ1v) is 7.37. The SMILES string of the molecule is CCc1nn(C)c(CN2C(=O)CNC(=O)C2(C)C)c1Br. The number of rotatable bonds is 3. The Balaban J connectivity index is 2.35. The summed E-state index contributed by atoms with van der Waals surface area (Å²) < 4.78 is 2.68. The van der Waals surface area contributed by atoms with Crippen LogP contribution in [0.25, 0.3) is 0 Å². The first kappa shape index (κ1) is 15.0. The van der Waals surface area contributed by atoms with E-state index in [1.807, 2.05) is 14.0 Å². The number of nitrogens with zero attached hydrogens (tertiary/aromatic N) is 3. The van der Waals surface area contributed by atoms with Crippen LogP contribution in [-0.4, -0.2) is 38.6 Å². The van der Waals surface area contributed by atoms with Crippen molar-refractivity contribution < 1.29 is 9.59 Å². The summed E-state index contributed by atoms with van der Waals surface area (Å²) in [6.07, 6.45) is 0.812. The number of carbonyl (C=O) groups excluding carboxylic acids is 2. The van der Waals surface area contributed by atoms with E-state index in [0.29, 0.717) is 6.54 Å². The van der Waals surface area contributed by atoms with E-state index in [1.165, 1.54) is 0 Å². The zero-order chi connectivity index (χ0) is 15.1. The maximum Gasteiger partial charge on any atom is 0.245 e. The molecule has 110 valence electrons. The van der Waals surface area contributed by atoms with Crippen molar-refractivity contribution in [1.82, 2.24) is 20.0 Å². The molecular formula is C13H19BrN4O2. The highest BCUT2D eigenvalue weighted by Crippen LogP contribution is 2.27. The van der Waals surface area contributed by atoms with Gasteiger partial charge < -0.3 is 10.2 Å². The van der Waals surface area contributed by atoms with Crippen molar-refractivity contribution in [2.45, 2.75) is 39.3 Å². The number of carbonyl (C=O) groups is 2. The van der Waals surface area contributed by atoms with Crippen molar-refractivity contribution in [2.75, 3.05) is 6.54 Å². The summed E-state index contributed by atoms with van der Waals surface area (Å²) in [6, 6.07) is 0. The lowest BCUT2D eigenvalue weighted by molar-refractivity contribution is -0.152. The highest BCUT2D eigenvalue weighted by atomic mass is 79.9. The van der Waals surface area contributed by atoms with Gasteiger partial charge in [-0.3, -0.25) is 14.3 Å². The number of halogens is 1. The van der Waals surface area contributed by atoms with Crippen LogP contribution in [0.4, 0.5) is 0 Å². The van der Waals surface area contributed by atoms with Gasteiger partial charge in [0.15, 0.2) is 0 Å². The zero-order valence-electron chi connectivity index (χ0n) is 12.2. The van der Waals surface area contributed by atoms with Crippen LogP contribution in [0.15, 0.2) is 4.47 Å². The third-order valence-corrected chi connectivity index (χ3v) is 4.66. The number of hydrogen-bond acceptors (Lipinski definition) is 3. The van der Waals surface area contributed by atoms with E-state index in [1.54, 1.807) is 23.4 Å². The average Bonchev–Trinajstić information content (AvgIpc) is 2.66. The van der Waals surface area contributed by atoms with E-state index in [9.17, 15) is 9.59 Å². The summed E-state index contributed by atoms with van der Waals surface area (Å²) in [5.41, 5.74) is 0.998. The fraction of sp³-hybridized carbons (Fsp3) is 0.615. The molecule has 1 fully saturated rings. The molecule has 2 amide bonds. The number of amides is 2. The maximum atomic E-state index is 12.1. The van der Waals surface area contributed by atoms with E-state index in [4.69, 9.17) is 0 Å². The predicted molar refractivity (Wildman–Crippen MR) is 77.9 cm³/mol. The second-order valence-corrected chi connectivity index (χ2v) is 6.20. The molecule has 0 aromatic carbocycles. The molecule has 2 heterocycles. The van der Waals surface area contributed by atoms with Crippen molar-refractivity contribution in [3.63, 3.8) is 0 Å². The fourth-order valence-electron chi connectivity index (χ4n) is 2.33. The van der Waals surface area contributed by atoms with Gasteiger partial charge in [-0.2, -0.15) is 5.10 Å². The summed E-state index contributed by atoms with van der Waals surface area (Å²) in [4.78, 5) is 25.7. The van der Waals surface area contributed by atoms with Crippen LogP contribution in [0.5, 0.6) is 0 Å². The third kappa shape index (κ3) is 2.34.